The normalized spacial score (nSPS) is 11.4. The Bertz CT molecular complexity index is 247. The van der Waals surface area contributed by atoms with E-state index in [1.807, 2.05) is 0 Å². The fraction of sp³-hybridized carbons (Fsp3) is 0.875. The van der Waals surface area contributed by atoms with Crippen molar-refractivity contribution < 1.29 is 17.9 Å². The molecule has 0 aromatic carbocycles. The highest BCUT2D eigenvalue weighted by Crippen LogP contribution is 2.06. The third-order valence-corrected chi connectivity index (χ3v) is 1.87. The molecule has 0 heterocycles. The predicted octanol–water partition coefficient (Wildman–Crippen LogP) is 0.513. The maximum Gasteiger partial charge on any atom is 0.407 e. The Morgan fingerprint density at radius 2 is 1.93 bits per heavy atom. The van der Waals surface area contributed by atoms with E-state index >= 15 is 0 Å². The average molecular weight is 223 g/mol. The van der Waals surface area contributed by atoms with Gasteiger partial charge in [-0.1, -0.05) is 0 Å². The van der Waals surface area contributed by atoms with E-state index in [0.29, 0.717) is 13.0 Å². The zero-order valence-electron chi connectivity index (χ0n) is 8.70. The number of carbonyl (C=O) groups is 1. The van der Waals surface area contributed by atoms with Gasteiger partial charge in [-0.2, -0.15) is 0 Å². The van der Waals surface area contributed by atoms with Gasteiger partial charge in [0.1, 0.15) is 16.3 Å². The lowest BCUT2D eigenvalue weighted by Crippen LogP contribution is -2.33. The fourth-order valence-corrected chi connectivity index (χ4v) is 1.13. The Balaban J connectivity index is 3.55. The molecule has 0 atom stereocenters. The van der Waals surface area contributed by atoms with Gasteiger partial charge in [0.25, 0.3) is 0 Å². The molecule has 0 aromatic rings. The first-order chi connectivity index (χ1) is 6.31. The van der Waals surface area contributed by atoms with Crippen LogP contribution in [0.15, 0.2) is 0 Å². The summed E-state index contributed by atoms with van der Waals surface area (Å²) in [4.78, 5) is 11.0. The van der Waals surface area contributed by atoms with Crippen molar-refractivity contribution in [3.8, 4) is 0 Å². The average Bonchev–Trinajstić information content (AvgIpc) is 1.94. The third-order valence-electron chi connectivity index (χ3n) is 1.19. The predicted molar refractivity (Wildman–Crippen MR) is 54.0 cm³/mol. The number of alkyl carbamates (subject to hydrolysis) is 1. The number of hydrogen-bond acceptors (Lipinski definition) is 4. The molecular formula is C8H17NO4S. The van der Waals surface area contributed by atoms with Crippen LogP contribution in [0.1, 0.15) is 27.2 Å². The maximum absolute atomic E-state index is 11.0. The van der Waals surface area contributed by atoms with Gasteiger partial charge in [-0.05, 0) is 27.2 Å². The lowest BCUT2D eigenvalue weighted by Gasteiger charge is -2.19. The fourth-order valence-electron chi connectivity index (χ4n) is 0.713. The van der Waals surface area contributed by atoms with E-state index in [1.165, 1.54) is 0 Å². The van der Waals surface area contributed by atoms with Gasteiger partial charge < -0.3 is 10.1 Å². The maximum atomic E-state index is 11.0. The Labute approximate surface area is 85.8 Å². The Morgan fingerprint density at radius 3 is 2.36 bits per heavy atom. The first kappa shape index (κ1) is 13.2. The van der Waals surface area contributed by atoms with E-state index in [0.717, 1.165) is 0 Å². The topological polar surface area (TPSA) is 72.5 Å². The summed E-state index contributed by atoms with van der Waals surface area (Å²) < 4.78 is 25.3. The first-order valence-corrected chi connectivity index (χ1v) is 5.76. The van der Waals surface area contributed by atoms with Crippen molar-refractivity contribution in [1.82, 2.24) is 5.32 Å². The zero-order valence-corrected chi connectivity index (χ0v) is 9.60. The molecular weight excluding hydrogens is 206 g/mol. The summed E-state index contributed by atoms with van der Waals surface area (Å²) in [6.45, 7) is 5.61. The van der Waals surface area contributed by atoms with Gasteiger partial charge in [-0.25, -0.2) is 13.2 Å². The molecule has 6 heteroatoms. The number of rotatable bonds is 4. The summed E-state index contributed by atoms with van der Waals surface area (Å²) in [6, 6.07) is 0. The molecule has 0 bridgehead atoms. The van der Waals surface area contributed by atoms with Crippen LogP contribution in [-0.2, 0) is 15.4 Å². The lowest BCUT2D eigenvalue weighted by molar-refractivity contribution is 0.0528. The van der Waals surface area contributed by atoms with Crippen molar-refractivity contribution in [3.05, 3.63) is 0 Å². The number of ether oxygens (including phenoxy) is 1. The number of hydrogen-bond donors (Lipinski definition) is 2. The molecule has 0 unspecified atom stereocenters. The summed E-state index contributed by atoms with van der Waals surface area (Å²) in [6.07, 6.45) is -0.101. The van der Waals surface area contributed by atoms with Gasteiger partial charge in [-0.3, -0.25) is 0 Å². The molecule has 0 aliphatic carbocycles. The van der Waals surface area contributed by atoms with Gasteiger partial charge in [0.15, 0.2) is 0 Å². The van der Waals surface area contributed by atoms with Gasteiger partial charge in [0.05, 0.1) is 0 Å². The summed E-state index contributed by atoms with van der Waals surface area (Å²) in [5.41, 5.74) is -0.520. The van der Waals surface area contributed by atoms with Gasteiger partial charge in [-0.15, -0.1) is 0 Å². The van der Waals surface area contributed by atoms with Crippen LogP contribution in [0.3, 0.4) is 0 Å². The highest BCUT2D eigenvalue weighted by molar-refractivity contribution is 7.72. The number of carbonyl (C=O) groups excluding carboxylic acids is 1. The van der Waals surface area contributed by atoms with Crippen LogP contribution >= 0.6 is 0 Å². The third kappa shape index (κ3) is 9.31. The minimum Gasteiger partial charge on any atom is -0.444 e. The number of amides is 1. The Morgan fingerprint density at radius 1 is 1.36 bits per heavy atom. The molecule has 1 amide bonds. The monoisotopic (exact) mass is 223 g/mol. The minimum atomic E-state index is -2.35. The van der Waals surface area contributed by atoms with Crippen LogP contribution in [0.2, 0.25) is 0 Å². The molecule has 0 saturated carbocycles. The highest BCUT2D eigenvalue weighted by Gasteiger charge is 2.15. The van der Waals surface area contributed by atoms with E-state index < -0.39 is 22.4 Å². The standard InChI is InChI=1S/C8H17NO4S/c1-8(2,3)13-7(10)9-5-4-6-14(11)12/h14H,4-6H2,1-3H3,(H,9,10). The summed E-state index contributed by atoms with van der Waals surface area (Å²) in [5.74, 6) is 0.0884. The summed E-state index contributed by atoms with van der Waals surface area (Å²) >= 11 is 0. The first-order valence-electron chi connectivity index (χ1n) is 4.40. The smallest absolute Gasteiger partial charge is 0.407 e. The lowest BCUT2D eigenvalue weighted by atomic mass is 10.2. The molecule has 0 aliphatic heterocycles. The molecule has 1 N–H and O–H groups in total. The van der Waals surface area contributed by atoms with Crippen molar-refractivity contribution in [3.63, 3.8) is 0 Å². The SMILES string of the molecule is CC(C)(C)OC(=O)NCCC[SH](=O)=O. The van der Waals surface area contributed by atoms with E-state index in [4.69, 9.17) is 4.74 Å². The van der Waals surface area contributed by atoms with E-state index in [-0.39, 0.29) is 5.75 Å². The molecule has 14 heavy (non-hydrogen) atoms. The molecule has 0 aliphatic rings. The van der Waals surface area contributed by atoms with Gasteiger partial charge >= 0.3 is 6.09 Å². The molecule has 0 aromatic heterocycles. The van der Waals surface area contributed by atoms with Crippen LogP contribution in [0.4, 0.5) is 4.79 Å². The number of nitrogens with one attached hydrogen (secondary N) is 1. The molecule has 0 saturated heterocycles. The van der Waals surface area contributed by atoms with E-state index in [2.05, 4.69) is 5.32 Å². The number of thiol groups is 1. The van der Waals surface area contributed by atoms with E-state index in [1.54, 1.807) is 20.8 Å². The zero-order chi connectivity index (χ0) is 11.2. The Kier molecular flexibility index (Phi) is 5.52. The van der Waals surface area contributed by atoms with Gasteiger partial charge in [0.2, 0.25) is 0 Å². The van der Waals surface area contributed by atoms with Crippen molar-refractivity contribution >= 4 is 16.8 Å². The molecule has 5 nitrogen and oxygen atoms in total. The van der Waals surface area contributed by atoms with Crippen LogP contribution in [0.5, 0.6) is 0 Å². The van der Waals surface area contributed by atoms with Gasteiger partial charge in [0, 0.05) is 12.3 Å². The van der Waals surface area contributed by atoms with Crippen molar-refractivity contribution in [1.29, 1.82) is 0 Å². The van der Waals surface area contributed by atoms with Crippen LogP contribution in [0.25, 0.3) is 0 Å². The largest absolute Gasteiger partial charge is 0.444 e. The van der Waals surface area contributed by atoms with Crippen molar-refractivity contribution in [2.45, 2.75) is 32.8 Å². The second kappa shape index (κ2) is 5.85. The molecule has 0 rings (SSSR count). The van der Waals surface area contributed by atoms with Crippen LogP contribution in [-0.4, -0.2) is 32.4 Å². The quantitative estimate of drug-likeness (QED) is 0.538. The highest BCUT2D eigenvalue weighted by atomic mass is 32.2. The second-order valence-electron chi connectivity index (χ2n) is 3.84. The van der Waals surface area contributed by atoms with Crippen LogP contribution < -0.4 is 5.32 Å². The molecule has 0 fully saturated rings. The minimum absolute atomic E-state index is 0.0884. The molecule has 0 radical (unpaired) electrons. The summed E-state index contributed by atoms with van der Waals surface area (Å²) in [7, 11) is -2.35. The molecule has 84 valence electrons. The van der Waals surface area contributed by atoms with Crippen molar-refractivity contribution in [2.75, 3.05) is 12.3 Å². The second-order valence-corrected chi connectivity index (χ2v) is 4.95. The van der Waals surface area contributed by atoms with Crippen molar-refractivity contribution in [2.24, 2.45) is 0 Å². The van der Waals surface area contributed by atoms with E-state index in [9.17, 15) is 13.2 Å². The van der Waals surface area contributed by atoms with Crippen LogP contribution in [0, 0.1) is 0 Å². The molecule has 0 spiro atoms. The summed E-state index contributed by atoms with van der Waals surface area (Å²) in [5, 5.41) is 2.47. The Hall–Kier alpha value is -0.780.